The quantitative estimate of drug-likeness (QED) is 0.109. The minimum absolute atomic E-state index is 0.0475. The molecular formula is C42H55N3O13. The molecule has 4 aliphatic heterocycles. The first-order valence-electron chi connectivity index (χ1n) is 19.3. The maximum atomic E-state index is 14.4. The molecule has 1 saturated heterocycles. The van der Waals surface area contributed by atoms with Gasteiger partial charge in [-0.15, -0.1) is 0 Å². The van der Waals surface area contributed by atoms with Crippen LogP contribution in [0.25, 0.3) is 10.8 Å². The lowest BCUT2D eigenvalue weighted by atomic mass is 9.78. The highest BCUT2D eigenvalue weighted by Gasteiger charge is 2.50. The molecule has 0 saturated carbocycles. The number of anilines is 1. The predicted octanol–water partition coefficient (Wildman–Crippen LogP) is 4.42. The zero-order valence-corrected chi connectivity index (χ0v) is 34.3. The normalized spacial score (nSPS) is 32.1. The molecule has 9 unspecified atom stereocenters. The molecule has 2 aromatic rings. The van der Waals surface area contributed by atoms with E-state index >= 15 is 0 Å². The van der Waals surface area contributed by atoms with Gasteiger partial charge >= 0.3 is 11.8 Å². The van der Waals surface area contributed by atoms with Gasteiger partial charge in [0.15, 0.2) is 5.75 Å². The van der Waals surface area contributed by atoms with E-state index in [-0.39, 0.29) is 44.5 Å². The van der Waals surface area contributed by atoms with Crippen LogP contribution in [0.5, 0.6) is 23.0 Å². The number of nitrogens with zero attached hydrogens (tertiary/aromatic N) is 2. The number of Topliss-reactive ketones (excluding diaryl/α,β-unsaturated/α-hetero) is 1. The van der Waals surface area contributed by atoms with Crippen LogP contribution in [0.3, 0.4) is 0 Å². The summed E-state index contributed by atoms with van der Waals surface area (Å²) in [4.78, 5) is 40.4. The number of aromatic hydroxyl groups is 3. The van der Waals surface area contributed by atoms with Crippen LogP contribution in [-0.2, 0) is 28.5 Å². The van der Waals surface area contributed by atoms with Gasteiger partial charge in [0.2, 0.25) is 0 Å². The molecule has 9 atom stereocenters. The highest BCUT2D eigenvalue weighted by atomic mass is 16.7. The smallest absolute Gasteiger partial charge is 0.312 e. The summed E-state index contributed by atoms with van der Waals surface area (Å²) >= 11 is 0. The maximum absolute atomic E-state index is 14.4. The Morgan fingerprint density at radius 3 is 2.28 bits per heavy atom. The summed E-state index contributed by atoms with van der Waals surface area (Å²) in [7, 11) is 1.43. The van der Waals surface area contributed by atoms with E-state index in [4.69, 9.17) is 23.7 Å². The number of esters is 1. The van der Waals surface area contributed by atoms with Gasteiger partial charge in [0.05, 0.1) is 79.3 Å². The van der Waals surface area contributed by atoms with E-state index in [1.54, 1.807) is 44.9 Å². The van der Waals surface area contributed by atoms with Crippen LogP contribution in [0.15, 0.2) is 41.2 Å². The summed E-state index contributed by atoms with van der Waals surface area (Å²) in [5.74, 6) is -8.44. The van der Waals surface area contributed by atoms with Gasteiger partial charge in [0.25, 0.3) is 11.7 Å². The summed E-state index contributed by atoms with van der Waals surface area (Å²) in [6.45, 7) is 14.1. The van der Waals surface area contributed by atoms with Crippen LogP contribution >= 0.6 is 0 Å². The SMILES string of the molecule is COC1/C=C/OC2(C)Oc3c(C)c(O)c4c(O)c(c(/C=N\N5CCOCC5)c(O)c4c3C2=O)NC(=O)/C(C)=C/C=C/C(C)C(O)C(C)C(O)C(C)C(OC(C)=O)C1C. The van der Waals surface area contributed by atoms with E-state index in [1.165, 1.54) is 59.4 Å². The zero-order valence-electron chi connectivity index (χ0n) is 34.3. The first-order valence-corrected chi connectivity index (χ1v) is 19.3. The molecule has 0 spiro atoms. The van der Waals surface area contributed by atoms with Crippen molar-refractivity contribution in [1.29, 1.82) is 0 Å². The standard InChI is InChI=1S/C42H55N3O13/c1-20-11-10-12-21(2)41(53)44-32-27(19-43-45-14-17-55-18-15-45)36(50)29-30(37(32)51)35(49)25(6)39-31(29)40(52)42(8,58-39)56-16-13-28(54-9)22(3)38(57-26(7)46)24(5)34(48)23(4)33(20)47/h10-13,16,19-20,22-24,28,33-34,38,47-51H,14-15,17-18H2,1-9H3,(H,44,53)/b11-10+,16-13+,21-12+,43-19-. The molecule has 2 aromatic carbocycles. The Labute approximate surface area is 337 Å². The van der Waals surface area contributed by atoms with Crippen LogP contribution < -0.4 is 10.1 Å². The van der Waals surface area contributed by atoms with Crippen LogP contribution in [-0.4, -0.2) is 118 Å². The van der Waals surface area contributed by atoms with Crippen molar-refractivity contribution in [1.82, 2.24) is 5.01 Å². The Morgan fingerprint density at radius 1 is 0.966 bits per heavy atom. The summed E-state index contributed by atoms with van der Waals surface area (Å²) < 4.78 is 29.0. The third-order valence-electron chi connectivity index (χ3n) is 11.4. The Bertz CT molecular complexity index is 2040. The van der Waals surface area contributed by atoms with Gasteiger partial charge in [-0.05, 0) is 19.9 Å². The molecule has 16 nitrogen and oxygen atoms in total. The molecule has 6 rings (SSSR count). The monoisotopic (exact) mass is 809 g/mol. The largest absolute Gasteiger partial charge is 0.507 e. The second-order valence-corrected chi connectivity index (χ2v) is 15.4. The number of benzene rings is 2. The number of nitrogens with one attached hydrogen (secondary N) is 1. The van der Waals surface area contributed by atoms with Gasteiger partial charge in [-0.25, -0.2) is 0 Å². The van der Waals surface area contributed by atoms with Crippen LogP contribution in [0.2, 0.25) is 0 Å². The minimum Gasteiger partial charge on any atom is -0.507 e. The van der Waals surface area contributed by atoms with Gasteiger partial charge in [-0.3, -0.25) is 19.4 Å². The van der Waals surface area contributed by atoms with Crippen LogP contribution in [0.4, 0.5) is 5.69 Å². The third kappa shape index (κ3) is 8.51. The lowest BCUT2D eigenvalue weighted by molar-refractivity contribution is -0.160. The summed E-state index contributed by atoms with van der Waals surface area (Å²) in [6.07, 6.45) is 4.76. The van der Waals surface area contributed by atoms with Crippen LogP contribution in [0, 0.1) is 30.6 Å². The number of carbonyl (C=O) groups is 3. The second-order valence-electron chi connectivity index (χ2n) is 15.4. The first-order chi connectivity index (χ1) is 27.3. The van der Waals surface area contributed by atoms with Gasteiger partial charge in [0.1, 0.15) is 23.4 Å². The fourth-order valence-electron chi connectivity index (χ4n) is 7.68. The molecule has 1 amide bonds. The Balaban J connectivity index is 1.71. The van der Waals surface area contributed by atoms with Gasteiger partial charge < -0.3 is 54.5 Å². The van der Waals surface area contributed by atoms with Crippen LogP contribution in [0.1, 0.15) is 70.0 Å². The number of morpholine rings is 1. The molecule has 0 aromatic heterocycles. The molecule has 16 heteroatoms. The number of allylic oxidation sites excluding steroid dienone is 2. The molecule has 5 bridgehead atoms. The van der Waals surface area contributed by atoms with Gasteiger partial charge in [-0.2, -0.15) is 5.10 Å². The fourth-order valence-corrected chi connectivity index (χ4v) is 7.68. The number of aliphatic hydroxyl groups excluding tert-OH is 2. The number of rotatable bonds is 4. The number of aliphatic hydroxyl groups is 2. The van der Waals surface area contributed by atoms with Crippen molar-refractivity contribution in [3.05, 3.63) is 52.8 Å². The van der Waals surface area contributed by atoms with Crippen molar-refractivity contribution in [2.24, 2.45) is 28.8 Å². The number of amides is 1. The number of carbonyl (C=O) groups excluding carboxylic acids is 3. The molecule has 0 aliphatic carbocycles. The van der Waals surface area contributed by atoms with E-state index in [1.807, 2.05) is 0 Å². The van der Waals surface area contributed by atoms with Crippen molar-refractivity contribution < 1.29 is 63.6 Å². The molecule has 1 fully saturated rings. The Morgan fingerprint density at radius 2 is 1.64 bits per heavy atom. The van der Waals surface area contributed by atoms with E-state index in [2.05, 4.69) is 10.4 Å². The molecular weight excluding hydrogens is 754 g/mol. The molecule has 4 aliphatic rings. The highest BCUT2D eigenvalue weighted by molar-refractivity contribution is 6.23. The molecule has 58 heavy (non-hydrogen) atoms. The predicted molar refractivity (Wildman–Crippen MR) is 214 cm³/mol. The number of ketones is 1. The third-order valence-corrected chi connectivity index (χ3v) is 11.4. The second kappa shape index (κ2) is 17.8. The van der Waals surface area contributed by atoms with E-state index in [0.29, 0.717) is 26.3 Å². The topological polar surface area (TPSA) is 226 Å². The number of methoxy groups -OCH3 is 1. The van der Waals surface area contributed by atoms with Crippen molar-refractivity contribution >= 4 is 40.3 Å². The number of phenolic OH excluding ortho intramolecular Hbond substituents is 3. The number of fused-ring (bicyclic) bond motifs is 14. The first kappa shape index (κ1) is 44.0. The minimum atomic E-state index is -2.05. The number of hydrazone groups is 1. The van der Waals surface area contributed by atoms with Crippen molar-refractivity contribution in [2.45, 2.75) is 85.6 Å². The molecule has 0 radical (unpaired) electrons. The summed E-state index contributed by atoms with van der Waals surface area (Å²) in [5.41, 5.74) is -0.426. The fraction of sp³-hybridized carbons (Fsp3) is 0.524. The van der Waals surface area contributed by atoms with Crippen molar-refractivity contribution in [2.75, 3.05) is 38.7 Å². The number of ether oxygens (including phenoxy) is 5. The molecule has 316 valence electrons. The number of hydrogen-bond acceptors (Lipinski definition) is 15. The average Bonchev–Trinajstić information content (AvgIpc) is 3.46. The molecule has 6 N–H and O–H groups in total. The highest BCUT2D eigenvalue weighted by Crippen LogP contribution is 2.55. The number of hydrogen-bond donors (Lipinski definition) is 6. The van der Waals surface area contributed by atoms with Gasteiger partial charge in [-0.1, -0.05) is 45.9 Å². The Kier molecular flexibility index (Phi) is 13.5. The van der Waals surface area contributed by atoms with Crippen molar-refractivity contribution in [3.8, 4) is 23.0 Å². The van der Waals surface area contributed by atoms with E-state index < -0.39 is 88.8 Å². The molecule has 4 heterocycles. The zero-order chi connectivity index (χ0) is 42.8. The number of phenols is 3. The van der Waals surface area contributed by atoms with Gasteiger partial charge in [0, 0.05) is 61.2 Å². The Hall–Kier alpha value is -5.16. The summed E-state index contributed by atoms with van der Waals surface area (Å²) in [5, 5.41) is 66.4. The lowest BCUT2D eigenvalue weighted by Gasteiger charge is -2.38. The van der Waals surface area contributed by atoms with E-state index in [0.717, 1.165) is 0 Å². The van der Waals surface area contributed by atoms with Crippen molar-refractivity contribution in [3.63, 3.8) is 0 Å². The lowest BCUT2D eigenvalue weighted by Crippen LogP contribution is -2.46. The average molecular weight is 810 g/mol. The maximum Gasteiger partial charge on any atom is 0.312 e. The summed E-state index contributed by atoms with van der Waals surface area (Å²) in [6, 6.07) is 0. The van der Waals surface area contributed by atoms with E-state index in [9.17, 15) is 39.9 Å².